The molecule has 2 aromatic rings. The van der Waals surface area contributed by atoms with Crippen LogP contribution in [-0.2, 0) is 11.3 Å². The Kier molecular flexibility index (Phi) is 6.40. The molecule has 7 heteroatoms. The minimum Gasteiger partial charge on any atom is -0.368 e. The molecule has 29 heavy (non-hydrogen) atoms. The van der Waals surface area contributed by atoms with Gasteiger partial charge in [-0.05, 0) is 63.0 Å². The molecule has 0 saturated carbocycles. The number of anilines is 1. The highest BCUT2D eigenvalue weighted by Gasteiger charge is 2.25. The lowest BCUT2D eigenvalue weighted by Gasteiger charge is -2.38. The first kappa shape index (κ1) is 20.2. The number of nitrogens with zero attached hydrogens (tertiary/aromatic N) is 5. The Morgan fingerprint density at radius 2 is 1.76 bits per heavy atom. The average Bonchev–Trinajstić information content (AvgIpc) is 3.14. The third-order valence-corrected chi connectivity index (χ3v) is 6.52. The van der Waals surface area contributed by atoms with E-state index in [1.165, 1.54) is 5.69 Å². The molecule has 6 nitrogen and oxygen atoms in total. The second-order valence-electron chi connectivity index (χ2n) is 8.19. The molecule has 1 aromatic heterocycles. The molecule has 0 bridgehead atoms. The van der Waals surface area contributed by atoms with Crippen LogP contribution in [0.2, 0.25) is 5.02 Å². The van der Waals surface area contributed by atoms with Crippen molar-refractivity contribution in [3.8, 4) is 0 Å². The zero-order chi connectivity index (χ0) is 20.2. The van der Waals surface area contributed by atoms with Crippen LogP contribution >= 0.6 is 11.6 Å². The second kappa shape index (κ2) is 9.18. The Labute approximate surface area is 178 Å². The minimum atomic E-state index is 0.268. The van der Waals surface area contributed by atoms with Gasteiger partial charge < -0.3 is 14.4 Å². The predicted octanol–water partition coefficient (Wildman–Crippen LogP) is 2.91. The quantitative estimate of drug-likeness (QED) is 0.753. The maximum atomic E-state index is 12.8. The van der Waals surface area contributed by atoms with Crippen LogP contribution in [0.25, 0.3) is 0 Å². The van der Waals surface area contributed by atoms with Crippen molar-refractivity contribution in [2.24, 2.45) is 5.92 Å². The fourth-order valence-electron chi connectivity index (χ4n) is 4.36. The van der Waals surface area contributed by atoms with Gasteiger partial charge in [-0.25, -0.2) is 4.98 Å². The van der Waals surface area contributed by atoms with Crippen molar-refractivity contribution in [2.45, 2.75) is 26.3 Å². The summed E-state index contributed by atoms with van der Waals surface area (Å²) in [4.78, 5) is 23.8. The van der Waals surface area contributed by atoms with Gasteiger partial charge in [-0.2, -0.15) is 0 Å². The fourth-order valence-corrected chi connectivity index (χ4v) is 4.49. The number of aromatic nitrogens is 2. The Morgan fingerprint density at radius 3 is 2.38 bits per heavy atom. The Hall–Kier alpha value is -2.05. The maximum Gasteiger partial charge on any atom is 0.236 e. The normalized spacial score (nSPS) is 19.0. The molecule has 2 aliphatic rings. The van der Waals surface area contributed by atoms with Gasteiger partial charge in [-0.3, -0.25) is 9.69 Å². The number of carbonyl (C=O) groups is 1. The number of hydrogen-bond acceptors (Lipinski definition) is 4. The molecule has 0 aliphatic carbocycles. The van der Waals surface area contributed by atoms with E-state index < -0.39 is 0 Å². The van der Waals surface area contributed by atoms with Crippen LogP contribution in [0.4, 0.5) is 5.69 Å². The Bertz CT molecular complexity index is 805. The summed E-state index contributed by atoms with van der Waals surface area (Å²) in [6.45, 7) is 9.00. The third kappa shape index (κ3) is 5.11. The first-order chi connectivity index (χ1) is 14.1. The molecule has 3 heterocycles. The minimum absolute atomic E-state index is 0.268. The van der Waals surface area contributed by atoms with Crippen molar-refractivity contribution < 1.29 is 4.79 Å². The van der Waals surface area contributed by atoms with Crippen LogP contribution in [0.3, 0.4) is 0 Å². The SMILES string of the molecule is Cc1nccn1CC1CCN(CC(=O)N2CCN(c3ccc(Cl)cc3)CC2)CC1. The highest BCUT2D eigenvalue weighted by molar-refractivity contribution is 6.30. The standard InChI is InChI=1S/C22H30ClN5O/c1-18-24-8-11-28(18)16-19-6-9-25(10-7-19)17-22(29)27-14-12-26(13-15-27)21-4-2-20(23)3-5-21/h2-5,8,11,19H,6-7,9-10,12-17H2,1H3. The van der Waals surface area contributed by atoms with E-state index in [9.17, 15) is 4.79 Å². The van der Waals surface area contributed by atoms with Crippen LogP contribution in [0.1, 0.15) is 18.7 Å². The zero-order valence-corrected chi connectivity index (χ0v) is 17.9. The Morgan fingerprint density at radius 1 is 1.07 bits per heavy atom. The largest absolute Gasteiger partial charge is 0.368 e. The van der Waals surface area contributed by atoms with Gasteiger partial charge >= 0.3 is 0 Å². The number of halogens is 1. The molecule has 4 rings (SSSR count). The number of piperazine rings is 1. The molecule has 156 valence electrons. The number of benzene rings is 1. The first-order valence-electron chi connectivity index (χ1n) is 10.6. The summed E-state index contributed by atoms with van der Waals surface area (Å²) in [7, 11) is 0. The molecule has 1 amide bonds. The Balaban J connectivity index is 1.19. The highest BCUT2D eigenvalue weighted by atomic mass is 35.5. The van der Waals surface area contributed by atoms with E-state index in [4.69, 9.17) is 11.6 Å². The van der Waals surface area contributed by atoms with Gasteiger partial charge in [0.1, 0.15) is 5.82 Å². The number of carbonyl (C=O) groups excluding carboxylic acids is 1. The summed E-state index contributed by atoms with van der Waals surface area (Å²) in [5.41, 5.74) is 1.18. The van der Waals surface area contributed by atoms with E-state index in [0.29, 0.717) is 12.5 Å². The molecule has 0 atom stereocenters. The zero-order valence-electron chi connectivity index (χ0n) is 17.1. The monoisotopic (exact) mass is 415 g/mol. The maximum absolute atomic E-state index is 12.8. The molecular formula is C22H30ClN5O. The van der Waals surface area contributed by atoms with Gasteiger partial charge in [-0.15, -0.1) is 0 Å². The topological polar surface area (TPSA) is 44.6 Å². The second-order valence-corrected chi connectivity index (χ2v) is 8.63. The highest BCUT2D eigenvalue weighted by Crippen LogP contribution is 2.21. The summed E-state index contributed by atoms with van der Waals surface area (Å²) in [6.07, 6.45) is 6.23. The summed E-state index contributed by atoms with van der Waals surface area (Å²) in [5, 5.41) is 0.756. The number of amides is 1. The van der Waals surface area contributed by atoms with Gasteiger partial charge in [0.25, 0.3) is 0 Å². The van der Waals surface area contributed by atoms with Crippen LogP contribution in [0.5, 0.6) is 0 Å². The third-order valence-electron chi connectivity index (χ3n) is 6.27. The number of piperidine rings is 1. The van der Waals surface area contributed by atoms with Crippen molar-refractivity contribution in [2.75, 3.05) is 50.7 Å². The molecule has 0 N–H and O–H groups in total. The van der Waals surface area contributed by atoms with E-state index in [-0.39, 0.29) is 5.91 Å². The van der Waals surface area contributed by atoms with Crippen molar-refractivity contribution in [1.82, 2.24) is 19.4 Å². The van der Waals surface area contributed by atoms with Gasteiger partial charge in [0, 0.05) is 55.8 Å². The van der Waals surface area contributed by atoms with Crippen molar-refractivity contribution >= 4 is 23.2 Å². The molecular weight excluding hydrogens is 386 g/mol. The molecule has 2 saturated heterocycles. The lowest BCUT2D eigenvalue weighted by Crippen LogP contribution is -2.52. The van der Waals surface area contributed by atoms with Gasteiger partial charge in [-0.1, -0.05) is 11.6 Å². The summed E-state index contributed by atoms with van der Waals surface area (Å²) >= 11 is 5.98. The van der Waals surface area contributed by atoms with Crippen LogP contribution < -0.4 is 4.90 Å². The number of likely N-dealkylation sites (tertiary alicyclic amines) is 1. The van der Waals surface area contributed by atoms with E-state index in [1.807, 2.05) is 23.2 Å². The van der Waals surface area contributed by atoms with Gasteiger partial charge in [0.15, 0.2) is 0 Å². The number of hydrogen-bond donors (Lipinski definition) is 0. The fraction of sp³-hybridized carbons (Fsp3) is 0.545. The molecule has 2 fully saturated rings. The molecule has 2 aliphatic heterocycles. The smallest absolute Gasteiger partial charge is 0.236 e. The van der Waals surface area contributed by atoms with E-state index in [2.05, 4.69) is 44.6 Å². The van der Waals surface area contributed by atoms with Crippen LogP contribution in [0.15, 0.2) is 36.7 Å². The number of rotatable bonds is 5. The van der Waals surface area contributed by atoms with E-state index >= 15 is 0 Å². The van der Waals surface area contributed by atoms with Crippen molar-refractivity contribution in [3.05, 3.63) is 47.5 Å². The molecule has 0 unspecified atom stereocenters. The average molecular weight is 416 g/mol. The van der Waals surface area contributed by atoms with Crippen molar-refractivity contribution in [3.63, 3.8) is 0 Å². The number of imidazole rings is 1. The van der Waals surface area contributed by atoms with Gasteiger partial charge in [0.05, 0.1) is 6.54 Å². The summed E-state index contributed by atoms with van der Waals surface area (Å²) < 4.78 is 2.24. The molecule has 0 radical (unpaired) electrons. The molecule has 1 aromatic carbocycles. The van der Waals surface area contributed by atoms with E-state index in [0.717, 1.165) is 69.5 Å². The lowest BCUT2D eigenvalue weighted by atomic mass is 9.96. The number of aryl methyl sites for hydroxylation is 1. The molecule has 0 spiro atoms. The van der Waals surface area contributed by atoms with Crippen LogP contribution in [0, 0.1) is 12.8 Å². The summed E-state index contributed by atoms with van der Waals surface area (Å²) in [5.74, 6) is 2.03. The summed E-state index contributed by atoms with van der Waals surface area (Å²) in [6, 6.07) is 7.95. The van der Waals surface area contributed by atoms with Gasteiger partial charge in [0.2, 0.25) is 5.91 Å². The van der Waals surface area contributed by atoms with Crippen LogP contribution in [-0.4, -0.2) is 71.1 Å². The lowest BCUT2D eigenvalue weighted by molar-refractivity contribution is -0.133. The van der Waals surface area contributed by atoms with E-state index in [1.54, 1.807) is 0 Å². The van der Waals surface area contributed by atoms with Crippen molar-refractivity contribution in [1.29, 1.82) is 0 Å². The first-order valence-corrected chi connectivity index (χ1v) is 10.9. The predicted molar refractivity (Wildman–Crippen MR) is 116 cm³/mol.